The lowest BCUT2D eigenvalue weighted by Gasteiger charge is -2.27. The third-order valence-corrected chi connectivity index (χ3v) is 6.51. The van der Waals surface area contributed by atoms with Crippen LogP contribution in [-0.2, 0) is 22.6 Å². The van der Waals surface area contributed by atoms with E-state index in [1.807, 2.05) is 4.90 Å². The molecule has 28 heavy (non-hydrogen) atoms. The summed E-state index contributed by atoms with van der Waals surface area (Å²) in [7, 11) is 3.41. The number of nitrogens with one attached hydrogen (secondary N) is 1. The van der Waals surface area contributed by atoms with Gasteiger partial charge in [0.25, 0.3) is 5.24 Å². The van der Waals surface area contributed by atoms with Crippen molar-refractivity contribution in [3.8, 4) is 0 Å². The molecular weight excluding hydrogens is 394 g/mol. The van der Waals surface area contributed by atoms with E-state index < -0.39 is 0 Å². The Labute approximate surface area is 172 Å². The number of carbonyl (C=O) groups excluding carboxylic acids is 3. The van der Waals surface area contributed by atoms with E-state index in [0.717, 1.165) is 29.6 Å². The number of benzene rings is 1. The number of carbonyl (C=O) groups is 3. The summed E-state index contributed by atoms with van der Waals surface area (Å²) in [6.07, 6.45) is 1.25. The van der Waals surface area contributed by atoms with Gasteiger partial charge in [-0.25, -0.2) is 0 Å². The van der Waals surface area contributed by atoms with Gasteiger partial charge in [0, 0.05) is 55.5 Å². The van der Waals surface area contributed by atoms with E-state index in [9.17, 15) is 14.4 Å². The second-order valence-electron chi connectivity index (χ2n) is 6.77. The van der Waals surface area contributed by atoms with Crippen molar-refractivity contribution in [1.29, 1.82) is 0 Å². The van der Waals surface area contributed by atoms with Crippen LogP contribution in [0.5, 0.6) is 0 Å². The third kappa shape index (κ3) is 5.36. The third-order valence-electron chi connectivity index (χ3n) is 4.43. The summed E-state index contributed by atoms with van der Waals surface area (Å²) >= 11 is 2.87. The molecule has 2 heterocycles. The minimum absolute atomic E-state index is 0.0148. The number of amides is 3. The van der Waals surface area contributed by atoms with Gasteiger partial charge in [-0.05, 0) is 59.5 Å². The van der Waals surface area contributed by atoms with Gasteiger partial charge in [-0.15, -0.1) is 11.3 Å². The Kier molecular flexibility index (Phi) is 6.74. The molecule has 0 atom stereocenters. The van der Waals surface area contributed by atoms with Gasteiger partial charge in [-0.1, -0.05) is 0 Å². The first-order valence-corrected chi connectivity index (χ1v) is 10.7. The lowest BCUT2D eigenvalue weighted by Crippen LogP contribution is -2.35. The van der Waals surface area contributed by atoms with E-state index in [-0.39, 0.29) is 29.9 Å². The van der Waals surface area contributed by atoms with Crippen LogP contribution in [0, 0.1) is 0 Å². The molecule has 0 unspecified atom stereocenters. The minimum Gasteiger partial charge on any atom is -0.339 e. The molecule has 3 rings (SSSR count). The molecule has 0 saturated carbocycles. The van der Waals surface area contributed by atoms with E-state index in [2.05, 4.69) is 16.8 Å². The Hall–Kier alpha value is -2.32. The van der Waals surface area contributed by atoms with Crippen LogP contribution in [0.4, 0.5) is 10.5 Å². The molecule has 1 aromatic heterocycles. The van der Waals surface area contributed by atoms with Gasteiger partial charge < -0.3 is 15.1 Å². The predicted octanol–water partition coefficient (Wildman–Crippen LogP) is 3.83. The highest BCUT2D eigenvalue weighted by molar-refractivity contribution is 8.13. The van der Waals surface area contributed by atoms with Gasteiger partial charge in [-0.2, -0.15) is 0 Å². The maximum Gasteiger partial charge on any atom is 0.285 e. The number of anilines is 1. The lowest BCUT2D eigenvalue weighted by molar-refractivity contribution is -0.133. The Morgan fingerprint density at radius 2 is 1.89 bits per heavy atom. The zero-order chi connectivity index (χ0) is 20.1. The van der Waals surface area contributed by atoms with Crippen LogP contribution in [0.25, 0.3) is 0 Å². The van der Waals surface area contributed by atoms with Crippen molar-refractivity contribution in [3.05, 3.63) is 46.2 Å². The highest BCUT2D eigenvalue weighted by Gasteiger charge is 2.21. The second-order valence-corrected chi connectivity index (χ2v) is 8.79. The summed E-state index contributed by atoms with van der Waals surface area (Å²) in [5.41, 5.74) is 1.87. The number of thiophene rings is 1. The van der Waals surface area contributed by atoms with Gasteiger partial charge in [0.05, 0.1) is 0 Å². The summed E-state index contributed by atoms with van der Waals surface area (Å²) < 4.78 is 0. The van der Waals surface area contributed by atoms with Crippen LogP contribution in [-0.4, -0.2) is 47.5 Å². The summed E-state index contributed by atoms with van der Waals surface area (Å²) in [4.78, 5) is 41.8. The minimum atomic E-state index is -0.189. The van der Waals surface area contributed by atoms with Crippen molar-refractivity contribution in [2.45, 2.75) is 30.7 Å². The molecule has 3 amide bonds. The maximum atomic E-state index is 12.4. The fourth-order valence-electron chi connectivity index (χ4n) is 2.86. The number of thioether (sulfide) groups is 1. The van der Waals surface area contributed by atoms with E-state index in [4.69, 9.17) is 0 Å². The van der Waals surface area contributed by atoms with Gasteiger partial charge in [0.2, 0.25) is 11.8 Å². The van der Waals surface area contributed by atoms with E-state index in [0.29, 0.717) is 12.2 Å². The Morgan fingerprint density at radius 1 is 1.14 bits per heavy atom. The Morgan fingerprint density at radius 3 is 2.61 bits per heavy atom. The summed E-state index contributed by atoms with van der Waals surface area (Å²) in [5.74, 6) is -0.174. The second kappa shape index (κ2) is 9.25. The molecule has 0 bridgehead atoms. The normalized spacial score (nSPS) is 13.0. The van der Waals surface area contributed by atoms with Crippen molar-refractivity contribution in [1.82, 2.24) is 9.80 Å². The molecule has 0 fully saturated rings. The quantitative estimate of drug-likeness (QED) is 0.751. The topological polar surface area (TPSA) is 69.7 Å². The smallest absolute Gasteiger partial charge is 0.285 e. The van der Waals surface area contributed by atoms with Gasteiger partial charge in [-0.3, -0.25) is 14.4 Å². The molecular formula is C20H23N3O3S2. The fraction of sp³-hybridized carbons (Fsp3) is 0.350. The van der Waals surface area contributed by atoms with Crippen molar-refractivity contribution in [3.63, 3.8) is 0 Å². The highest BCUT2D eigenvalue weighted by Crippen LogP contribution is 2.25. The number of hydrogen-bond donors (Lipinski definition) is 1. The van der Waals surface area contributed by atoms with Gasteiger partial charge in [0.1, 0.15) is 0 Å². The standard InChI is InChI=1S/C20H23N3O3S2/c1-22(2)20(26)28-16-5-3-15(4-6-16)21-18(24)7-8-19(25)23-11-9-17-14(13-23)10-12-27-17/h3-6,10,12H,7-9,11,13H2,1-2H3,(H,21,24). The molecule has 1 N–H and O–H groups in total. The number of fused-ring (bicyclic) bond motifs is 1. The van der Waals surface area contributed by atoms with E-state index in [1.165, 1.54) is 15.3 Å². The molecule has 2 aromatic rings. The molecule has 0 spiro atoms. The average molecular weight is 418 g/mol. The summed E-state index contributed by atoms with van der Waals surface area (Å²) in [6, 6.07) is 9.17. The predicted molar refractivity (Wildman–Crippen MR) is 113 cm³/mol. The SMILES string of the molecule is CN(C)C(=O)Sc1ccc(NC(=O)CCC(=O)N2CCc3sccc3C2)cc1. The molecule has 1 aliphatic heterocycles. The maximum absolute atomic E-state index is 12.4. The van der Waals surface area contributed by atoms with Crippen molar-refractivity contribution < 1.29 is 14.4 Å². The highest BCUT2D eigenvalue weighted by atomic mass is 32.2. The van der Waals surface area contributed by atoms with Gasteiger partial charge >= 0.3 is 0 Å². The zero-order valence-electron chi connectivity index (χ0n) is 15.9. The van der Waals surface area contributed by atoms with E-state index >= 15 is 0 Å². The van der Waals surface area contributed by atoms with Crippen LogP contribution in [0.15, 0.2) is 40.6 Å². The molecule has 8 heteroatoms. The molecule has 0 saturated heterocycles. The molecule has 0 radical (unpaired) electrons. The molecule has 1 aromatic carbocycles. The monoisotopic (exact) mass is 417 g/mol. The molecule has 0 aliphatic carbocycles. The van der Waals surface area contributed by atoms with Crippen LogP contribution in [0.2, 0.25) is 0 Å². The van der Waals surface area contributed by atoms with Crippen LogP contribution in [0.1, 0.15) is 23.3 Å². The number of rotatable bonds is 5. The first kappa shape index (κ1) is 20.4. The first-order valence-electron chi connectivity index (χ1n) is 9.04. The largest absolute Gasteiger partial charge is 0.339 e. The van der Waals surface area contributed by atoms with Gasteiger partial charge in [0.15, 0.2) is 0 Å². The number of nitrogens with zero attached hydrogens (tertiary/aromatic N) is 2. The average Bonchev–Trinajstić information content (AvgIpc) is 3.15. The summed E-state index contributed by atoms with van der Waals surface area (Å²) in [6.45, 7) is 1.36. The molecule has 148 valence electrons. The molecule has 1 aliphatic rings. The van der Waals surface area contributed by atoms with Crippen molar-refractivity contribution in [2.24, 2.45) is 0 Å². The van der Waals surface area contributed by atoms with Crippen LogP contribution in [0.3, 0.4) is 0 Å². The number of hydrogen-bond acceptors (Lipinski definition) is 5. The lowest BCUT2D eigenvalue weighted by atomic mass is 10.1. The van der Waals surface area contributed by atoms with Crippen molar-refractivity contribution >= 4 is 45.8 Å². The zero-order valence-corrected chi connectivity index (χ0v) is 17.6. The fourth-order valence-corrected chi connectivity index (χ4v) is 4.41. The molecule has 6 nitrogen and oxygen atoms in total. The Balaban J connectivity index is 1.44. The van der Waals surface area contributed by atoms with Crippen LogP contribution < -0.4 is 5.32 Å². The Bertz CT molecular complexity index is 862. The van der Waals surface area contributed by atoms with Crippen molar-refractivity contribution in [2.75, 3.05) is 26.0 Å². The van der Waals surface area contributed by atoms with Crippen LogP contribution >= 0.6 is 23.1 Å². The first-order chi connectivity index (χ1) is 13.4. The summed E-state index contributed by atoms with van der Waals surface area (Å²) in [5, 5.41) is 4.81. The van der Waals surface area contributed by atoms with E-state index in [1.54, 1.807) is 49.7 Å².